The molecule has 0 unspecified atom stereocenters. The Hall–Kier alpha value is -1.50. The van der Waals surface area contributed by atoms with Crippen LogP contribution in [0.3, 0.4) is 0 Å². The molecule has 0 aliphatic heterocycles. The normalized spacial score (nSPS) is 14.0. The van der Waals surface area contributed by atoms with E-state index in [0.29, 0.717) is 29.0 Å². The van der Waals surface area contributed by atoms with Crippen LogP contribution in [0.25, 0.3) is 0 Å². The van der Waals surface area contributed by atoms with Crippen LogP contribution in [0, 0.1) is 5.82 Å². The number of hydrogen-bond donors (Lipinski definition) is 1. The van der Waals surface area contributed by atoms with Crippen molar-refractivity contribution in [1.29, 1.82) is 0 Å². The van der Waals surface area contributed by atoms with Crippen molar-refractivity contribution in [2.75, 3.05) is 11.9 Å². The molecule has 3 rings (SSSR count). The van der Waals surface area contributed by atoms with E-state index >= 15 is 0 Å². The zero-order valence-corrected chi connectivity index (χ0v) is 15.1. The predicted molar refractivity (Wildman–Crippen MR) is 95.4 cm³/mol. The number of anilines is 1. The van der Waals surface area contributed by atoms with E-state index in [4.69, 9.17) is 11.6 Å². The van der Waals surface area contributed by atoms with Crippen molar-refractivity contribution in [2.24, 2.45) is 0 Å². The summed E-state index contributed by atoms with van der Waals surface area (Å²) in [4.78, 5) is 18.3. The van der Waals surface area contributed by atoms with E-state index in [9.17, 15) is 9.18 Å². The lowest BCUT2D eigenvalue weighted by Gasteiger charge is -2.22. The predicted octanol–water partition coefficient (Wildman–Crippen LogP) is 4.24. The van der Waals surface area contributed by atoms with Gasteiger partial charge in [-0.15, -0.1) is 0 Å². The summed E-state index contributed by atoms with van der Waals surface area (Å²) >= 11 is 9.40. The van der Waals surface area contributed by atoms with E-state index in [-0.39, 0.29) is 18.3 Å². The van der Waals surface area contributed by atoms with Gasteiger partial charge >= 0.3 is 0 Å². The molecule has 7 heteroatoms. The fourth-order valence-electron chi connectivity index (χ4n) is 2.46. The summed E-state index contributed by atoms with van der Waals surface area (Å²) in [5.41, 5.74) is 0.431. The van der Waals surface area contributed by atoms with E-state index in [2.05, 4.69) is 26.2 Å². The third kappa shape index (κ3) is 4.53. The molecule has 0 radical (unpaired) electrons. The van der Waals surface area contributed by atoms with E-state index in [1.165, 1.54) is 6.07 Å². The molecule has 0 bridgehead atoms. The Morgan fingerprint density at radius 2 is 2.17 bits per heavy atom. The van der Waals surface area contributed by atoms with Gasteiger partial charge in [-0.1, -0.05) is 17.7 Å². The Balaban J connectivity index is 1.66. The number of carbonyl (C=O) groups excluding carboxylic acids is 1. The molecule has 1 amide bonds. The average Bonchev–Trinajstić information content (AvgIpc) is 3.37. The van der Waals surface area contributed by atoms with E-state index < -0.39 is 0 Å². The van der Waals surface area contributed by atoms with Crippen LogP contribution in [0.4, 0.5) is 10.2 Å². The number of halogens is 3. The lowest BCUT2D eigenvalue weighted by molar-refractivity contribution is -0.117. The minimum Gasteiger partial charge on any atom is -0.310 e. The second-order valence-electron chi connectivity index (χ2n) is 5.75. The fourth-order valence-corrected chi connectivity index (χ4v) is 2.91. The number of aromatic nitrogens is 1. The van der Waals surface area contributed by atoms with Crippen LogP contribution in [0.1, 0.15) is 18.4 Å². The highest BCUT2D eigenvalue weighted by Gasteiger charge is 2.31. The van der Waals surface area contributed by atoms with Gasteiger partial charge in [0.2, 0.25) is 5.91 Å². The zero-order chi connectivity index (χ0) is 17.1. The monoisotopic (exact) mass is 411 g/mol. The van der Waals surface area contributed by atoms with E-state index in [0.717, 1.165) is 17.3 Å². The highest BCUT2D eigenvalue weighted by atomic mass is 79.9. The molecule has 0 saturated heterocycles. The second kappa shape index (κ2) is 7.59. The van der Waals surface area contributed by atoms with Gasteiger partial charge in [0.05, 0.1) is 6.54 Å². The Bertz CT molecular complexity index is 717. The molecule has 1 heterocycles. The lowest BCUT2D eigenvalue weighted by Crippen LogP contribution is -2.35. The van der Waals surface area contributed by atoms with Gasteiger partial charge in [-0.05, 0) is 53.0 Å². The molecule has 1 aliphatic carbocycles. The first-order chi connectivity index (χ1) is 11.5. The van der Waals surface area contributed by atoms with Gasteiger partial charge in [-0.3, -0.25) is 9.69 Å². The summed E-state index contributed by atoms with van der Waals surface area (Å²) in [6.07, 6.45) is 3.64. The van der Waals surface area contributed by atoms with Crippen LogP contribution >= 0.6 is 27.5 Å². The summed E-state index contributed by atoms with van der Waals surface area (Å²) in [7, 11) is 0. The topological polar surface area (TPSA) is 45.2 Å². The van der Waals surface area contributed by atoms with Crippen molar-refractivity contribution in [3.05, 3.63) is 57.4 Å². The van der Waals surface area contributed by atoms with Gasteiger partial charge in [-0.25, -0.2) is 9.37 Å². The Morgan fingerprint density at radius 1 is 1.38 bits per heavy atom. The summed E-state index contributed by atoms with van der Waals surface area (Å²) in [6.45, 7) is 0.491. The summed E-state index contributed by atoms with van der Waals surface area (Å²) in [6, 6.07) is 8.45. The average molecular weight is 413 g/mol. The van der Waals surface area contributed by atoms with Crippen molar-refractivity contribution in [1.82, 2.24) is 9.88 Å². The van der Waals surface area contributed by atoms with E-state index in [1.807, 2.05) is 4.90 Å². The maximum absolute atomic E-state index is 14.0. The van der Waals surface area contributed by atoms with Crippen LogP contribution in [0.2, 0.25) is 5.02 Å². The fraction of sp³-hybridized carbons (Fsp3) is 0.294. The third-order valence-corrected chi connectivity index (χ3v) is 4.65. The zero-order valence-electron chi connectivity index (χ0n) is 12.8. The van der Waals surface area contributed by atoms with Gasteiger partial charge in [0.1, 0.15) is 11.6 Å². The van der Waals surface area contributed by atoms with Gasteiger partial charge < -0.3 is 5.32 Å². The van der Waals surface area contributed by atoms with Crippen LogP contribution in [-0.4, -0.2) is 28.4 Å². The highest BCUT2D eigenvalue weighted by molar-refractivity contribution is 9.10. The number of nitrogens with one attached hydrogen (secondary N) is 1. The van der Waals surface area contributed by atoms with Crippen molar-refractivity contribution < 1.29 is 9.18 Å². The third-order valence-electron chi connectivity index (χ3n) is 3.83. The van der Waals surface area contributed by atoms with Crippen molar-refractivity contribution in [2.45, 2.75) is 25.4 Å². The van der Waals surface area contributed by atoms with Gasteiger partial charge in [-0.2, -0.15) is 0 Å². The first kappa shape index (κ1) is 17.3. The summed E-state index contributed by atoms with van der Waals surface area (Å²) in [5, 5.41) is 3.14. The second-order valence-corrected chi connectivity index (χ2v) is 7.07. The first-order valence-electron chi connectivity index (χ1n) is 7.61. The van der Waals surface area contributed by atoms with Gasteiger partial charge in [0, 0.05) is 33.8 Å². The number of amides is 1. The minimum atomic E-state index is -0.344. The molecule has 24 heavy (non-hydrogen) atoms. The van der Waals surface area contributed by atoms with Crippen molar-refractivity contribution in [3.63, 3.8) is 0 Å². The van der Waals surface area contributed by atoms with Crippen molar-refractivity contribution >= 4 is 39.3 Å². The SMILES string of the molecule is O=C(CN(Cc1c(F)cccc1Cl)C1CC1)Nc1ccc(Br)cn1. The number of benzene rings is 1. The molecule has 126 valence electrons. The van der Waals surface area contributed by atoms with Gasteiger partial charge in [0.15, 0.2) is 0 Å². The van der Waals surface area contributed by atoms with Crippen LogP contribution in [-0.2, 0) is 11.3 Å². The number of hydrogen-bond acceptors (Lipinski definition) is 3. The number of pyridine rings is 1. The molecule has 2 aromatic rings. The molecule has 1 fully saturated rings. The molecule has 1 N–H and O–H groups in total. The van der Waals surface area contributed by atoms with Crippen LogP contribution < -0.4 is 5.32 Å². The minimum absolute atomic E-state index is 0.174. The molecule has 1 aliphatic rings. The Labute approximate surface area is 153 Å². The standard InChI is InChI=1S/C17H16BrClFN3O/c18-11-4-7-16(21-8-11)22-17(24)10-23(12-5-6-12)9-13-14(19)2-1-3-15(13)20/h1-4,7-8,12H,5-6,9-10H2,(H,21,22,24). The molecular formula is C17H16BrClFN3O. The Morgan fingerprint density at radius 3 is 2.79 bits per heavy atom. The van der Waals surface area contributed by atoms with E-state index in [1.54, 1.807) is 30.5 Å². The molecule has 1 aromatic carbocycles. The quantitative estimate of drug-likeness (QED) is 0.772. The summed E-state index contributed by atoms with van der Waals surface area (Å²) in [5.74, 6) is -0.0322. The molecule has 0 spiro atoms. The van der Waals surface area contributed by atoms with Crippen molar-refractivity contribution in [3.8, 4) is 0 Å². The molecular weight excluding hydrogens is 397 g/mol. The van der Waals surface area contributed by atoms with Crippen LogP contribution in [0.5, 0.6) is 0 Å². The molecule has 4 nitrogen and oxygen atoms in total. The summed E-state index contributed by atoms with van der Waals surface area (Å²) < 4.78 is 14.8. The number of carbonyl (C=O) groups is 1. The molecule has 1 saturated carbocycles. The number of rotatable bonds is 6. The largest absolute Gasteiger partial charge is 0.310 e. The highest BCUT2D eigenvalue weighted by Crippen LogP contribution is 2.30. The Kier molecular flexibility index (Phi) is 5.48. The van der Waals surface area contributed by atoms with Crippen LogP contribution in [0.15, 0.2) is 41.0 Å². The molecule has 0 atom stereocenters. The van der Waals surface area contributed by atoms with Gasteiger partial charge in [0.25, 0.3) is 0 Å². The lowest BCUT2D eigenvalue weighted by atomic mass is 10.2. The maximum atomic E-state index is 14.0. The maximum Gasteiger partial charge on any atom is 0.239 e. The smallest absolute Gasteiger partial charge is 0.239 e. The first-order valence-corrected chi connectivity index (χ1v) is 8.78. The molecule has 1 aromatic heterocycles. The number of nitrogens with zero attached hydrogens (tertiary/aromatic N) is 2.